The van der Waals surface area contributed by atoms with Crippen LogP contribution in [0.5, 0.6) is 0 Å². The third kappa shape index (κ3) is 9.73. The zero-order valence-electron chi connectivity index (χ0n) is 20.5. The molecule has 0 aliphatic rings. The van der Waals surface area contributed by atoms with Gasteiger partial charge in [-0.2, -0.15) is 0 Å². The minimum atomic E-state index is -1.56. The molecule has 1 aromatic rings. The molecular formula is C24H36N4O7. The summed E-state index contributed by atoms with van der Waals surface area (Å²) in [4.78, 5) is 61.3. The smallest absolute Gasteiger partial charge is 0.326 e. The molecular weight excluding hydrogens is 456 g/mol. The molecule has 7 N–H and O–H groups in total. The minimum Gasteiger partial charge on any atom is -0.481 e. The van der Waals surface area contributed by atoms with E-state index < -0.39 is 66.2 Å². The van der Waals surface area contributed by atoms with Crippen LogP contribution in [0.2, 0.25) is 0 Å². The standard InChI is InChI=1S/C24H36N4O7/c1-5-14(4)19(25)22(32)28-20(13(2)3)23(33)26-16(12-18(29)30)21(31)27-17(24(34)35)11-15-9-7-6-8-10-15/h6-10,13-14,16-17,19-20H,5,11-12,25H2,1-4H3,(H,26,33)(H,27,31)(H,28,32)(H,29,30)(H,34,35). The molecule has 0 heterocycles. The first-order valence-corrected chi connectivity index (χ1v) is 11.5. The van der Waals surface area contributed by atoms with Crippen LogP contribution in [-0.2, 0) is 30.4 Å². The van der Waals surface area contributed by atoms with Gasteiger partial charge in [-0.25, -0.2) is 4.79 Å². The number of carboxylic acids is 2. The van der Waals surface area contributed by atoms with Crippen LogP contribution in [0.4, 0.5) is 0 Å². The Kier molecular flexibility index (Phi) is 11.9. The average molecular weight is 493 g/mol. The molecule has 0 aliphatic heterocycles. The summed E-state index contributed by atoms with van der Waals surface area (Å²) in [5.41, 5.74) is 6.59. The number of hydrogen-bond acceptors (Lipinski definition) is 6. The Labute approximate surface area is 204 Å². The Morgan fingerprint density at radius 3 is 1.91 bits per heavy atom. The second-order valence-electron chi connectivity index (χ2n) is 8.89. The summed E-state index contributed by atoms with van der Waals surface area (Å²) in [5.74, 6) is -5.50. The molecule has 11 nitrogen and oxygen atoms in total. The van der Waals surface area contributed by atoms with Crippen LogP contribution in [-0.4, -0.2) is 64.0 Å². The number of carbonyl (C=O) groups is 5. The molecule has 0 fully saturated rings. The Balaban J connectivity index is 2.99. The second kappa shape index (κ2) is 14.1. The predicted octanol–water partition coefficient (Wildman–Crippen LogP) is 0.272. The van der Waals surface area contributed by atoms with Gasteiger partial charge in [-0.3, -0.25) is 19.2 Å². The van der Waals surface area contributed by atoms with Crippen LogP contribution in [0.3, 0.4) is 0 Å². The number of rotatable bonds is 14. The van der Waals surface area contributed by atoms with E-state index in [1.165, 1.54) is 0 Å². The molecule has 3 amide bonds. The van der Waals surface area contributed by atoms with Crippen molar-refractivity contribution in [1.82, 2.24) is 16.0 Å². The summed E-state index contributed by atoms with van der Waals surface area (Å²) < 4.78 is 0. The van der Waals surface area contributed by atoms with Crippen molar-refractivity contribution in [2.45, 2.75) is 71.1 Å². The first kappa shape index (κ1) is 29.6. The number of nitrogens with one attached hydrogen (secondary N) is 3. The molecule has 0 aliphatic carbocycles. The summed E-state index contributed by atoms with van der Waals surface area (Å²) >= 11 is 0. The highest BCUT2D eigenvalue weighted by Crippen LogP contribution is 2.09. The summed E-state index contributed by atoms with van der Waals surface area (Å²) in [6, 6.07) is 3.76. The van der Waals surface area contributed by atoms with Gasteiger partial charge in [0.15, 0.2) is 0 Å². The molecule has 0 saturated heterocycles. The van der Waals surface area contributed by atoms with Gasteiger partial charge in [0, 0.05) is 6.42 Å². The molecule has 0 saturated carbocycles. The van der Waals surface area contributed by atoms with Gasteiger partial charge in [0.05, 0.1) is 12.5 Å². The third-order valence-electron chi connectivity index (χ3n) is 5.72. The number of benzene rings is 1. The molecule has 0 radical (unpaired) electrons. The van der Waals surface area contributed by atoms with Gasteiger partial charge < -0.3 is 31.9 Å². The van der Waals surface area contributed by atoms with Crippen molar-refractivity contribution in [3.8, 4) is 0 Å². The Morgan fingerprint density at radius 2 is 1.43 bits per heavy atom. The van der Waals surface area contributed by atoms with Crippen molar-refractivity contribution < 1.29 is 34.2 Å². The first-order chi connectivity index (χ1) is 16.4. The van der Waals surface area contributed by atoms with Gasteiger partial charge in [0.1, 0.15) is 18.1 Å². The van der Waals surface area contributed by atoms with Crippen molar-refractivity contribution in [1.29, 1.82) is 0 Å². The molecule has 5 unspecified atom stereocenters. The van der Waals surface area contributed by atoms with Gasteiger partial charge in [0.25, 0.3) is 0 Å². The van der Waals surface area contributed by atoms with E-state index in [1.807, 2.05) is 6.92 Å². The number of carboxylic acid groups (broad SMARTS) is 2. The maximum Gasteiger partial charge on any atom is 0.326 e. The molecule has 0 spiro atoms. The lowest BCUT2D eigenvalue weighted by molar-refractivity contribution is -0.143. The van der Waals surface area contributed by atoms with E-state index in [1.54, 1.807) is 51.1 Å². The number of nitrogens with two attached hydrogens (primary N) is 1. The largest absolute Gasteiger partial charge is 0.481 e. The summed E-state index contributed by atoms with van der Waals surface area (Å²) in [5, 5.41) is 26.0. The highest BCUT2D eigenvalue weighted by atomic mass is 16.4. The lowest BCUT2D eigenvalue weighted by Crippen LogP contribution is -2.59. The van der Waals surface area contributed by atoms with Gasteiger partial charge in [-0.15, -0.1) is 0 Å². The highest BCUT2D eigenvalue weighted by molar-refractivity contribution is 5.95. The van der Waals surface area contributed by atoms with Gasteiger partial charge in [0.2, 0.25) is 17.7 Å². The number of aliphatic carboxylic acids is 2. The molecule has 0 aromatic heterocycles. The highest BCUT2D eigenvalue weighted by Gasteiger charge is 2.33. The summed E-state index contributed by atoms with van der Waals surface area (Å²) in [7, 11) is 0. The van der Waals surface area contributed by atoms with E-state index in [0.29, 0.717) is 12.0 Å². The van der Waals surface area contributed by atoms with E-state index in [9.17, 15) is 34.2 Å². The Hall–Kier alpha value is -3.47. The first-order valence-electron chi connectivity index (χ1n) is 11.5. The Morgan fingerprint density at radius 1 is 0.857 bits per heavy atom. The summed E-state index contributed by atoms with van der Waals surface area (Å²) in [6.45, 7) is 7.02. The van der Waals surface area contributed by atoms with E-state index in [0.717, 1.165) is 0 Å². The number of amides is 3. The topological polar surface area (TPSA) is 188 Å². The van der Waals surface area contributed by atoms with Crippen LogP contribution in [0.1, 0.15) is 46.1 Å². The molecule has 194 valence electrons. The third-order valence-corrected chi connectivity index (χ3v) is 5.72. The van der Waals surface area contributed by atoms with Gasteiger partial charge >= 0.3 is 11.9 Å². The van der Waals surface area contributed by atoms with E-state index in [2.05, 4.69) is 16.0 Å². The molecule has 5 atom stereocenters. The van der Waals surface area contributed by atoms with Gasteiger partial charge in [-0.05, 0) is 17.4 Å². The fraction of sp³-hybridized carbons (Fsp3) is 0.542. The minimum absolute atomic E-state index is 0.0339. The van der Waals surface area contributed by atoms with Crippen molar-refractivity contribution in [2.75, 3.05) is 0 Å². The maximum absolute atomic E-state index is 12.9. The van der Waals surface area contributed by atoms with Crippen molar-refractivity contribution in [3.05, 3.63) is 35.9 Å². The SMILES string of the molecule is CCC(C)C(N)C(=O)NC(C(=O)NC(CC(=O)O)C(=O)NC(Cc1ccccc1)C(=O)O)C(C)C. The zero-order valence-corrected chi connectivity index (χ0v) is 20.5. The molecule has 1 rings (SSSR count). The monoisotopic (exact) mass is 492 g/mol. The van der Waals surface area contributed by atoms with Crippen LogP contribution < -0.4 is 21.7 Å². The van der Waals surface area contributed by atoms with E-state index in [-0.39, 0.29) is 12.3 Å². The maximum atomic E-state index is 12.9. The lowest BCUT2D eigenvalue weighted by atomic mass is 9.97. The van der Waals surface area contributed by atoms with Crippen LogP contribution in [0.15, 0.2) is 30.3 Å². The fourth-order valence-electron chi connectivity index (χ4n) is 3.26. The van der Waals surface area contributed by atoms with Crippen LogP contribution in [0.25, 0.3) is 0 Å². The van der Waals surface area contributed by atoms with E-state index >= 15 is 0 Å². The predicted molar refractivity (Wildman–Crippen MR) is 128 cm³/mol. The number of carbonyl (C=O) groups excluding carboxylic acids is 3. The lowest BCUT2D eigenvalue weighted by Gasteiger charge is -2.27. The number of hydrogen-bond donors (Lipinski definition) is 6. The van der Waals surface area contributed by atoms with Crippen LogP contribution in [0, 0.1) is 11.8 Å². The molecule has 1 aromatic carbocycles. The van der Waals surface area contributed by atoms with Crippen molar-refractivity contribution in [2.24, 2.45) is 17.6 Å². The zero-order chi connectivity index (χ0) is 26.7. The Bertz CT molecular complexity index is 891. The average Bonchev–Trinajstić information content (AvgIpc) is 2.80. The molecule has 35 heavy (non-hydrogen) atoms. The van der Waals surface area contributed by atoms with Gasteiger partial charge in [-0.1, -0.05) is 64.4 Å². The molecule has 0 bridgehead atoms. The molecule has 11 heteroatoms. The van der Waals surface area contributed by atoms with Crippen molar-refractivity contribution >= 4 is 29.7 Å². The van der Waals surface area contributed by atoms with Crippen LogP contribution >= 0.6 is 0 Å². The van der Waals surface area contributed by atoms with E-state index in [4.69, 9.17) is 5.73 Å². The fourth-order valence-corrected chi connectivity index (χ4v) is 3.26. The summed E-state index contributed by atoms with van der Waals surface area (Å²) in [6.07, 6.45) is -0.157. The second-order valence-corrected chi connectivity index (χ2v) is 8.89. The normalized spacial score (nSPS) is 15.3. The quantitative estimate of drug-likeness (QED) is 0.213. The van der Waals surface area contributed by atoms with Crippen molar-refractivity contribution in [3.63, 3.8) is 0 Å².